The number of hydrogen-bond acceptors (Lipinski definition) is 3. The van der Waals surface area contributed by atoms with Crippen LogP contribution in [0.25, 0.3) is 11.0 Å². The molecule has 0 saturated heterocycles. The van der Waals surface area contributed by atoms with E-state index in [2.05, 4.69) is 5.32 Å². The minimum atomic E-state index is -0.207. The van der Waals surface area contributed by atoms with Crippen LogP contribution in [0.4, 0.5) is 0 Å². The summed E-state index contributed by atoms with van der Waals surface area (Å²) >= 11 is 5.94. The zero-order chi connectivity index (χ0) is 13.8. The Bertz CT molecular complexity index is 592. The average molecular weight is 282 g/mol. The number of nitrogens with one attached hydrogen (secondary N) is 1. The minimum absolute atomic E-state index is 0.207. The predicted octanol–water partition coefficient (Wildman–Crippen LogP) is 3.16. The van der Waals surface area contributed by atoms with Gasteiger partial charge in [-0.15, -0.1) is 0 Å². The molecule has 0 radical (unpaired) electrons. The van der Waals surface area contributed by atoms with Gasteiger partial charge in [-0.05, 0) is 31.5 Å². The van der Waals surface area contributed by atoms with Crippen LogP contribution in [0.5, 0.6) is 0 Å². The van der Waals surface area contributed by atoms with Gasteiger partial charge in [0.1, 0.15) is 5.58 Å². The van der Waals surface area contributed by atoms with Gasteiger partial charge in [-0.1, -0.05) is 11.6 Å². The molecular weight excluding hydrogens is 266 g/mol. The highest BCUT2D eigenvalue weighted by atomic mass is 35.5. The molecule has 0 aliphatic heterocycles. The van der Waals surface area contributed by atoms with E-state index >= 15 is 0 Å². The Balaban J connectivity index is 2.16. The van der Waals surface area contributed by atoms with Gasteiger partial charge < -0.3 is 14.5 Å². The molecule has 1 amide bonds. The van der Waals surface area contributed by atoms with Crippen LogP contribution in [0.2, 0.25) is 5.02 Å². The van der Waals surface area contributed by atoms with Crippen LogP contribution in [0.3, 0.4) is 0 Å². The summed E-state index contributed by atoms with van der Waals surface area (Å²) in [6, 6.07) is 5.32. The lowest BCUT2D eigenvalue weighted by Crippen LogP contribution is -2.25. The van der Waals surface area contributed by atoms with E-state index in [9.17, 15) is 4.79 Å². The number of carbonyl (C=O) groups excluding carboxylic acids is 1. The maximum atomic E-state index is 12.0. The van der Waals surface area contributed by atoms with Crippen molar-refractivity contribution in [3.05, 3.63) is 34.5 Å². The van der Waals surface area contributed by atoms with Crippen molar-refractivity contribution in [1.29, 1.82) is 0 Å². The highest BCUT2D eigenvalue weighted by Gasteiger charge is 2.17. The molecule has 5 heteroatoms. The summed E-state index contributed by atoms with van der Waals surface area (Å²) in [7, 11) is 1.63. The van der Waals surface area contributed by atoms with Crippen LogP contribution in [0, 0.1) is 6.92 Å². The Labute approximate surface area is 116 Å². The number of fused-ring (bicyclic) bond motifs is 1. The van der Waals surface area contributed by atoms with Gasteiger partial charge in [0.05, 0.1) is 0 Å². The Kier molecular flexibility index (Phi) is 4.45. The van der Waals surface area contributed by atoms with E-state index in [0.29, 0.717) is 29.5 Å². The topological polar surface area (TPSA) is 51.5 Å². The molecule has 0 atom stereocenters. The zero-order valence-corrected chi connectivity index (χ0v) is 11.7. The minimum Gasteiger partial charge on any atom is -0.451 e. The largest absolute Gasteiger partial charge is 0.451 e. The second-order valence-electron chi connectivity index (χ2n) is 4.30. The number of halogens is 1. The van der Waals surface area contributed by atoms with Crippen LogP contribution >= 0.6 is 11.6 Å². The summed E-state index contributed by atoms with van der Waals surface area (Å²) in [5.74, 6) is 0.135. The fraction of sp³-hybridized carbons (Fsp3) is 0.357. The molecule has 0 aliphatic rings. The average Bonchev–Trinajstić information content (AvgIpc) is 2.72. The van der Waals surface area contributed by atoms with Crippen LogP contribution in [0.15, 0.2) is 22.6 Å². The molecule has 0 aliphatic carbocycles. The third-order valence-electron chi connectivity index (χ3n) is 2.92. The van der Waals surface area contributed by atoms with Crippen molar-refractivity contribution in [1.82, 2.24) is 5.32 Å². The number of amides is 1. The lowest BCUT2D eigenvalue weighted by atomic mass is 10.1. The maximum Gasteiger partial charge on any atom is 0.287 e. The lowest BCUT2D eigenvalue weighted by Gasteiger charge is -2.02. The molecule has 1 aromatic heterocycles. The third kappa shape index (κ3) is 3.08. The van der Waals surface area contributed by atoms with Crippen LogP contribution < -0.4 is 5.32 Å². The molecule has 102 valence electrons. The standard InChI is InChI=1S/C14H16ClNO3/c1-9-11-8-10(15)4-5-12(11)19-13(9)14(17)16-6-3-7-18-2/h4-5,8H,3,6-7H2,1-2H3,(H,16,17). The van der Waals surface area contributed by atoms with E-state index in [0.717, 1.165) is 17.4 Å². The predicted molar refractivity (Wildman–Crippen MR) is 74.8 cm³/mol. The van der Waals surface area contributed by atoms with Crippen LogP contribution in [0.1, 0.15) is 22.5 Å². The van der Waals surface area contributed by atoms with Gasteiger partial charge in [0.15, 0.2) is 5.76 Å². The number of hydrogen-bond donors (Lipinski definition) is 1. The number of benzene rings is 1. The fourth-order valence-electron chi connectivity index (χ4n) is 1.91. The first-order valence-corrected chi connectivity index (χ1v) is 6.47. The molecule has 0 fully saturated rings. The molecule has 0 spiro atoms. The van der Waals surface area contributed by atoms with Crippen LogP contribution in [-0.2, 0) is 4.74 Å². The van der Waals surface area contributed by atoms with Crippen molar-refractivity contribution in [3.8, 4) is 0 Å². The maximum absolute atomic E-state index is 12.0. The molecule has 1 heterocycles. The second-order valence-corrected chi connectivity index (χ2v) is 4.74. The first kappa shape index (κ1) is 13.9. The highest BCUT2D eigenvalue weighted by Crippen LogP contribution is 2.27. The monoisotopic (exact) mass is 281 g/mol. The number of ether oxygens (including phenoxy) is 1. The zero-order valence-electron chi connectivity index (χ0n) is 11.0. The van der Waals surface area contributed by atoms with Gasteiger partial charge in [0, 0.05) is 36.2 Å². The quantitative estimate of drug-likeness (QED) is 0.857. The molecule has 4 nitrogen and oxygen atoms in total. The fourth-order valence-corrected chi connectivity index (χ4v) is 2.08. The summed E-state index contributed by atoms with van der Waals surface area (Å²) in [4.78, 5) is 12.0. The molecule has 0 unspecified atom stereocenters. The summed E-state index contributed by atoms with van der Waals surface area (Å²) in [6.45, 7) is 3.03. The molecular formula is C14H16ClNO3. The Morgan fingerprint density at radius 3 is 3.00 bits per heavy atom. The first-order chi connectivity index (χ1) is 9.13. The molecule has 19 heavy (non-hydrogen) atoms. The number of carbonyl (C=O) groups is 1. The number of rotatable bonds is 5. The second kappa shape index (κ2) is 6.08. The van der Waals surface area contributed by atoms with Gasteiger partial charge in [-0.2, -0.15) is 0 Å². The van der Waals surface area contributed by atoms with E-state index in [1.54, 1.807) is 25.3 Å². The van der Waals surface area contributed by atoms with Gasteiger partial charge >= 0.3 is 0 Å². The molecule has 0 bridgehead atoms. The van der Waals surface area contributed by atoms with Crippen molar-refractivity contribution >= 4 is 28.5 Å². The van der Waals surface area contributed by atoms with E-state index in [4.69, 9.17) is 20.8 Å². The summed E-state index contributed by atoms with van der Waals surface area (Å²) in [5.41, 5.74) is 1.48. The van der Waals surface area contributed by atoms with Crippen molar-refractivity contribution in [2.75, 3.05) is 20.3 Å². The van der Waals surface area contributed by atoms with Crippen molar-refractivity contribution in [2.24, 2.45) is 0 Å². The van der Waals surface area contributed by atoms with Gasteiger partial charge in [0.2, 0.25) is 0 Å². The first-order valence-electron chi connectivity index (χ1n) is 6.09. The molecule has 1 aromatic carbocycles. The van der Waals surface area contributed by atoms with Crippen molar-refractivity contribution < 1.29 is 13.9 Å². The van der Waals surface area contributed by atoms with Gasteiger partial charge in [-0.25, -0.2) is 0 Å². The van der Waals surface area contributed by atoms with Gasteiger partial charge in [0.25, 0.3) is 5.91 Å². The lowest BCUT2D eigenvalue weighted by molar-refractivity contribution is 0.0922. The Hall–Kier alpha value is -1.52. The van der Waals surface area contributed by atoms with E-state index in [-0.39, 0.29) is 5.91 Å². The summed E-state index contributed by atoms with van der Waals surface area (Å²) in [6.07, 6.45) is 0.771. The van der Waals surface area contributed by atoms with E-state index < -0.39 is 0 Å². The molecule has 0 saturated carbocycles. The van der Waals surface area contributed by atoms with Gasteiger partial charge in [-0.3, -0.25) is 4.79 Å². The van der Waals surface area contributed by atoms with Crippen molar-refractivity contribution in [2.45, 2.75) is 13.3 Å². The smallest absolute Gasteiger partial charge is 0.287 e. The molecule has 2 rings (SSSR count). The SMILES string of the molecule is COCCCNC(=O)c1oc2ccc(Cl)cc2c1C. The summed E-state index contributed by atoms with van der Waals surface area (Å²) in [5, 5.41) is 4.30. The summed E-state index contributed by atoms with van der Waals surface area (Å²) < 4.78 is 10.5. The van der Waals surface area contributed by atoms with E-state index in [1.165, 1.54) is 0 Å². The van der Waals surface area contributed by atoms with Crippen LogP contribution in [-0.4, -0.2) is 26.2 Å². The molecule has 2 aromatic rings. The normalized spacial score (nSPS) is 10.9. The Morgan fingerprint density at radius 2 is 2.26 bits per heavy atom. The Morgan fingerprint density at radius 1 is 1.47 bits per heavy atom. The van der Waals surface area contributed by atoms with E-state index in [1.807, 2.05) is 6.92 Å². The number of aryl methyl sites for hydroxylation is 1. The number of methoxy groups -OCH3 is 1. The third-order valence-corrected chi connectivity index (χ3v) is 3.15. The molecule has 1 N–H and O–H groups in total. The number of furan rings is 1. The highest BCUT2D eigenvalue weighted by molar-refractivity contribution is 6.31. The van der Waals surface area contributed by atoms with Crippen molar-refractivity contribution in [3.63, 3.8) is 0 Å².